The van der Waals surface area contributed by atoms with Crippen LogP contribution in [0.1, 0.15) is 0 Å². The number of ether oxygens (including phenoxy) is 1. The topological polar surface area (TPSA) is 60.3 Å². The molecule has 0 saturated carbocycles. The van der Waals surface area contributed by atoms with E-state index in [0.29, 0.717) is 6.54 Å². The van der Waals surface area contributed by atoms with Gasteiger partial charge in [0.1, 0.15) is 0 Å². The molecule has 2 aliphatic heterocycles. The van der Waals surface area contributed by atoms with Gasteiger partial charge in [0.05, 0.1) is 31.2 Å². The van der Waals surface area contributed by atoms with Crippen molar-refractivity contribution in [1.82, 2.24) is 10.2 Å². The molecular weight excluding hydrogens is 268 g/mol. The van der Waals surface area contributed by atoms with E-state index in [4.69, 9.17) is 14.8 Å². The lowest BCUT2D eigenvalue weighted by Crippen LogP contribution is -2.36. The molecule has 2 fully saturated rings. The zero-order chi connectivity index (χ0) is 14.5. The minimum Gasteiger partial charge on any atom is -0.395 e. The Kier molecular flexibility index (Phi) is 4.57. The van der Waals surface area contributed by atoms with E-state index in [-0.39, 0.29) is 6.61 Å². The summed E-state index contributed by atoms with van der Waals surface area (Å²) in [4.78, 5) is 9.16. The van der Waals surface area contributed by atoms with Gasteiger partial charge in [0.25, 0.3) is 0 Å². The zero-order valence-corrected chi connectivity index (χ0v) is 12.2. The Morgan fingerprint density at radius 2 is 2.00 bits per heavy atom. The van der Waals surface area contributed by atoms with Crippen molar-refractivity contribution in [3.05, 3.63) is 24.3 Å². The minimum atomic E-state index is 0.145. The standard InChI is InChI=1S/C15H22N4O2/c20-10-7-19-6-5-16-15(19)17-13-3-1-2-4-14(13)18-8-11-21-12-9-18/h1-4,20H,5-12H2,(H,16,17). The van der Waals surface area contributed by atoms with Crippen LogP contribution in [-0.2, 0) is 4.74 Å². The highest BCUT2D eigenvalue weighted by atomic mass is 16.5. The number of aliphatic hydroxyl groups excluding tert-OH is 1. The summed E-state index contributed by atoms with van der Waals surface area (Å²) in [6.07, 6.45) is 0. The molecule has 6 nitrogen and oxygen atoms in total. The minimum absolute atomic E-state index is 0.145. The molecule has 0 atom stereocenters. The van der Waals surface area contributed by atoms with E-state index in [2.05, 4.69) is 21.2 Å². The lowest BCUT2D eigenvalue weighted by atomic mass is 10.2. The molecule has 1 aromatic carbocycles. The van der Waals surface area contributed by atoms with Crippen molar-refractivity contribution in [2.75, 3.05) is 57.4 Å². The number of nitrogens with zero attached hydrogens (tertiary/aromatic N) is 3. The molecule has 0 aromatic heterocycles. The lowest BCUT2D eigenvalue weighted by molar-refractivity contribution is 0.123. The van der Waals surface area contributed by atoms with Crippen LogP contribution in [0.2, 0.25) is 0 Å². The first kappa shape index (κ1) is 14.2. The smallest absolute Gasteiger partial charge is 0.199 e. The summed E-state index contributed by atoms with van der Waals surface area (Å²) in [5.74, 6) is 0.852. The lowest BCUT2D eigenvalue weighted by Gasteiger charge is -2.30. The van der Waals surface area contributed by atoms with Crippen LogP contribution in [0.25, 0.3) is 0 Å². The number of β-amino-alcohol motifs (C(OH)–C–C–N with tert-alkyl or cyclic N) is 1. The molecule has 3 rings (SSSR count). The van der Waals surface area contributed by atoms with E-state index >= 15 is 0 Å². The fourth-order valence-electron chi connectivity index (χ4n) is 2.71. The van der Waals surface area contributed by atoms with Gasteiger partial charge in [-0.25, -0.2) is 4.99 Å². The van der Waals surface area contributed by atoms with Gasteiger partial charge in [-0.05, 0) is 12.1 Å². The number of morpholine rings is 1. The number of para-hydroxylation sites is 2. The van der Waals surface area contributed by atoms with Crippen LogP contribution in [-0.4, -0.2) is 68.5 Å². The van der Waals surface area contributed by atoms with E-state index in [1.807, 2.05) is 18.2 Å². The molecule has 21 heavy (non-hydrogen) atoms. The Morgan fingerprint density at radius 1 is 1.19 bits per heavy atom. The number of anilines is 1. The molecule has 2 aliphatic rings. The van der Waals surface area contributed by atoms with Crippen molar-refractivity contribution in [2.24, 2.45) is 4.99 Å². The Morgan fingerprint density at radius 3 is 2.81 bits per heavy atom. The molecule has 0 spiro atoms. The maximum atomic E-state index is 9.12. The van der Waals surface area contributed by atoms with Crippen molar-refractivity contribution in [3.63, 3.8) is 0 Å². The predicted octanol–water partition coefficient (Wildman–Crippen LogP) is 0.408. The Labute approximate surface area is 125 Å². The summed E-state index contributed by atoms with van der Waals surface area (Å²) in [6, 6.07) is 8.20. The van der Waals surface area contributed by atoms with Crippen LogP contribution in [0.4, 0.5) is 11.4 Å². The quantitative estimate of drug-likeness (QED) is 0.841. The Hall–Kier alpha value is -1.79. The number of hydrogen-bond donors (Lipinski definition) is 2. The molecule has 0 unspecified atom stereocenters. The van der Waals surface area contributed by atoms with E-state index in [0.717, 1.165) is 56.7 Å². The van der Waals surface area contributed by atoms with Crippen molar-refractivity contribution >= 4 is 17.3 Å². The van der Waals surface area contributed by atoms with E-state index in [1.54, 1.807) is 0 Å². The fourth-order valence-corrected chi connectivity index (χ4v) is 2.71. The predicted molar refractivity (Wildman–Crippen MR) is 83.2 cm³/mol. The number of aliphatic imine (C=N–C) groups is 1. The van der Waals surface area contributed by atoms with Gasteiger partial charge in [-0.3, -0.25) is 0 Å². The third kappa shape index (κ3) is 3.28. The summed E-state index contributed by atoms with van der Waals surface area (Å²) in [5, 5.41) is 12.4. The molecule has 0 amide bonds. The summed E-state index contributed by atoms with van der Waals surface area (Å²) < 4.78 is 5.42. The highest BCUT2D eigenvalue weighted by Crippen LogP contribution is 2.29. The highest BCUT2D eigenvalue weighted by Gasteiger charge is 2.19. The Bertz CT molecular complexity index is 500. The van der Waals surface area contributed by atoms with Crippen molar-refractivity contribution in [3.8, 4) is 0 Å². The molecule has 0 aliphatic carbocycles. The van der Waals surface area contributed by atoms with Gasteiger partial charge in [-0.1, -0.05) is 12.1 Å². The summed E-state index contributed by atoms with van der Waals surface area (Å²) in [5.41, 5.74) is 2.11. The number of nitrogens with one attached hydrogen (secondary N) is 1. The van der Waals surface area contributed by atoms with Gasteiger partial charge in [0.15, 0.2) is 5.96 Å². The fraction of sp³-hybridized carbons (Fsp3) is 0.533. The number of guanidine groups is 1. The largest absolute Gasteiger partial charge is 0.395 e. The van der Waals surface area contributed by atoms with Crippen LogP contribution < -0.4 is 10.2 Å². The second kappa shape index (κ2) is 6.78. The normalized spacial score (nSPS) is 20.9. The number of rotatable bonds is 4. The van der Waals surface area contributed by atoms with Crippen LogP contribution in [0.3, 0.4) is 0 Å². The number of aliphatic hydroxyl groups is 1. The van der Waals surface area contributed by atoms with Crippen LogP contribution in [0, 0.1) is 0 Å². The van der Waals surface area contributed by atoms with E-state index in [9.17, 15) is 0 Å². The SMILES string of the molecule is OCCN1CCN/C1=N\c1ccccc1N1CCOCC1. The second-order valence-electron chi connectivity index (χ2n) is 5.16. The van der Waals surface area contributed by atoms with Crippen LogP contribution >= 0.6 is 0 Å². The zero-order valence-electron chi connectivity index (χ0n) is 12.2. The molecular formula is C15H22N4O2. The number of benzene rings is 1. The summed E-state index contributed by atoms with van der Waals surface area (Å²) in [6.45, 7) is 5.85. The van der Waals surface area contributed by atoms with Gasteiger partial charge in [-0.2, -0.15) is 0 Å². The maximum Gasteiger partial charge on any atom is 0.199 e. The first-order chi connectivity index (χ1) is 10.4. The monoisotopic (exact) mass is 290 g/mol. The Balaban J connectivity index is 1.84. The van der Waals surface area contributed by atoms with Gasteiger partial charge in [0, 0.05) is 32.7 Å². The molecule has 2 saturated heterocycles. The molecule has 0 radical (unpaired) electrons. The highest BCUT2D eigenvalue weighted by molar-refractivity contribution is 5.86. The van der Waals surface area contributed by atoms with Gasteiger partial charge >= 0.3 is 0 Å². The first-order valence-electron chi connectivity index (χ1n) is 7.48. The molecule has 114 valence electrons. The van der Waals surface area contributed by atoms with E-state index in [1.165, 1.54) is 0 Å². The van der Waals surface area contributed by atoms with Gasteiger partial charge < -0.3 is 25.0 Å². The van der Waals surface area contributed by atoms with Crippen molar-refractivity contribution < 1.29 is 9.84 Å². The molecule has 2 heterocycles. The van der Waals surface area contributed by atoms with Crippen molar-refractivity contribution in [2.45, 2.75) is 0 Å². The number of hydrogen-bond acceptors (Lipinski definition) is 4. The average Bonchev–Trinajstić information content (AvgIpc) is 2.96. The third-order valence-corrected chi connectivity index (χ3v) is 3.79. The average molecular weight is 290 g/mol. The van der Waals surface area contributed by atoms with Crippen LogP contribution in [0.15, 0.2) is 29.3 Å². The second-order valence-corrected chi connectivity index (χ2v) is 5.16. The van der Waals surface area contributed by atoms with E-state index < -0.39 is 0 Å². The van der Waals surface area contributed by atoms with Gasteiger partial charge in [0.2, 0.25) is 0 Å². The maximum absolute atomic E-state index is 9.12. The molecule has 1 aromatic rings. The summed E-state index contributed by atoms with van der Waals surface area (Å²) in [7, 11) is 0. The third-order valence-electron chi connectivity index (χ3n) is 3.79. The van der Waals surface area contributed by atoms with Gasteiger partial charge in [-0.15, -0.1) is 0 Å². The van der Waals surface area contributed by atoms with Crippen molar-refractivity contribution in [1.29, 1.82) is 0 Å². The molecule has 2 N–H and O–H groups in total. The van der Waals surface area contributed by atoms with Crippen LogP contribution in [0.5, 0.6) is 0 Å². The molecule has 0 bridgehead atoms. The summed E-state index contributed by atoms with van der Waals surface area (Å²) >= 11 is 0. The first-order valence-corrected chi connectivity index (χ1v) is 7.48. The molecule has 6 heteroatoms.